The second-order valence-corrected chi connectivity index (χ2v) is 3.18. The molecule has 1 atom stereocenters. The number of hydrogen-bond acceptors (Lipinski definition) is 2. The standard InChI is InChI=1S/C7H14N2/c8-7-2-1-5-9(7)6-3-4-6/h6-7H,1-5,8H2. The maximum Gasteiger partial charge on any atom is 0.0574 e. The average Bonchev–Trinajstić information content (AvgIpc) is 2.58. The first kappa shape index (κ1) is 5.69. The van der Waals surface area contributed by atoms with Crippen molar-refractivity contribution in [2.75, 3.05) is 6.54 Å². The molecule has 1 saturated heterocycles. The molecule has 0 aromatic carbocycles. The molecule has 2 N–H and O–H groups in total. The summed E-state index contributed by atoms with van der Waals surface area (Å²) in [5.74, 6) is 0. The molecule has 0 spiro atoms. The zero-order chi connectivity index (χ0) is 6.27. The maximum atomic E-state index is 5.85. The van der Waals surface area contributed by atoms with Gasteiger partial charge in [0.05, 0.1) is 6.17 Å². The molecule has 2 rings (SSSR count). The summed E-state index contributed by atoms with van der Waals surface area (Å²) < 4.78 is 0. The minimum absolute atomic E-state index is 0.400. The third kappa shape index (κ3) is 0.970. The monoisotopic (exact) mass is 126 g/mol. The van der Waals surface area contributed by atoms with Gasteiger partial charge >= 0.3 is 0 Å². The van der Waals surface area contributed by atoms with E-state index in [1.165, 1.54) is 32.2 Å². The van der Waals surface area contributed by atoms with Crippen LogP contribution in [0.5, 0.6) is 0 Å². The third-order valence-corrected chi connectivity index (χ3v) is 2.36. The van der Waals surface area contributed by atoms with Crippen molar-refractivity contribution in [1.82, 2.24) is 4.90 Å². The van der Waals surface area contributed by atoms with Gasteiger partial charge < -0.3 is 5.73 Å². The van der Waals surface area contributed by atoms with Crippen LogP contribution in [0.2, 0.25) is 0 Å². The van der Waals surface area contributed by atoms with Crippen LogP contribution in [0.4, 0.5) is 0 Å². The molecule has 1 heterocycles. The minimum Gasteiger partial charge on any atom is -0.316 e. The molecule has 0 aromatic rings. The molecule has 0 aromatic heterocycles. The zero-order valence-electron chi connectivity index (χ0n) is 5.71. The van der Waals surface area contributed by atoms with Crippen LogP contribution in [0.25, 0.3) is 0 Å². The predicted octanol–water partition coefficient (Wildman–Crippen LogP) is 0.529. The number of hydrogen-bond donors (Lipinski definition) is 1. The SMILES string of the molecule is NC1CCCN1C1CC1. The highest BCUT2D eigenvalue weighted by molar-refractivity contribution is 4.89. The van der Waals surface area contributed by atoms with Crippen molar-refractivity contribution >= 4 is 0 Å². The smallest absolute Gasteiger partial charge is 0.0574 e. The Labute approximate surface area is 56.0 Å². The normalized spacial score (nSPS) is 37.7. The van der Waals surface area contributed by atoms with Crippen molar-refractivity contribution < 1.29 is 0 Å². The Kier molecular flexibility index (Phi) is 1.24. The molecule has 0 bridgehead atoms. The van der Waals surface area contributed by atoms with Gasteiger partial charge in [-0.1, -0.05) is 0 Å². The van der Waals surface area contributed by atoms with Gasteiger partial charge in [-0.2, -0.15) is 0 Å². The lowest BCUT2D eigenvalue weighted by Crippen LogP contribution is -2.37. The lowest BCUT2D eigenvalue weighted by Gasteiger charge is -2.19. The molecule has 52 valence electrons. The largest absolute Gasteiger partial charge is 0.316 e. The van der Waals surface area contributed by atoms with E-state index < -0.39 is 0 Å². The first-order chi connectivity index (χ1) is 4.38. The quantitative estimate of drug-likeness (QED) is 0.555. The number of nitrogens with two attached hydrogens (primary N) is 1. The van der Waals surface area contributed by atoms with Crippen molar-refractivity contribution in [2.24, 2.45) is 5.73 Å². The topological polar surface area (TPSA) is 29.3 Å². The van der Waals surface area contributed by atoms with Crippen LogP contribution in [0.1, 0.15) is 25.7 Å². The Morgan fingerprint density at radius 2 is 2.00 bits per heavy atom. The van der Waals surface area contributed by atoms with E-state index in [1.807, 2.05) is 0 Å². The molecule has 2 heteroatoms. The Morgan fingerprint density at radius 1 is 1.22 bits per heavy atom. The molecule has 0 amide bonds. The van der Waals surface area contributed by atoms with Crippen LogP contribution in [-0.2, 0) is 0 Å². The number of rotatable bonds is 1. The van der Waals surface area contributed by atoms with E-state index in [4.69, 9.17) is 5.73 Å². The van der Waals surface area contributed by atoms with Gasteiger partial charge in [0.2, 0.25) is 0 Å². The Morgan fingerprint density at radius 3 is 2.44 bits per heavy atom. The molecule has 1 aliphatic carbocycles. The highest BCUT2D eigenvalue weighted by atomic mass is 15.3. The summed E-state index contributed by atoms with van der Waals surface area (Å²) in [7, 11) is 0. The van der Waals surface area contributed by atoms with Gasteiger partial charge in [-0.3, -0.25) is 4.90 Å². The number of nitrogens with zero attached hydrogens (tertiary/aromatic N) is 1. The van der Waals surface area contributed by atoms with E-state index in [0.717, 1.165) is 6.04 Å². The molecular formula is C7H14N2. The van der Waals surface area contributed by atoms with Gasteiger partial charge in [0.1, 0.15) is 0 Å². The van der Waals surface area contributed by atoms with E-state index in [0.29, 0.717) is 6.17 Å². The highest BCUT2D eigenvalue weighted by Crippen LogP contribution is 2.31. The van der Waals surface area contributed by atoms with Crippen LogP contribution in [-0.4, -0.2) is 23.7 Å². The molecular weight excluding hydrogens is 112 g/mol. The minimum atomic E-state index is 0.400. The van der Waals surface area contributed by atoms with E-state index in [2.05, 4.69) is 4.90 Å². The fourth-order valence-corrected chi connectivity index (χ4v) is 1.67. The van der Waals surface area contributed by atoms with E-state index in [-0.39, 0.29) is 0 Å². The summed E-state index contributed by atoms with van der Waals surface area (Å²) in [6.45, 7) is 1.26. The van der Waals surface area contributed by atoms with Crippen LogP contribution in [0, 0.1) is 0 Å². The molecule has 2 nitrogen and oxygen atoms in total. The second kappa shape index (κ2) is 1.96. The Bertz CT molecular complexity index is 109. The molecule has 2 fully saturated rings. The van der Waals surface area contributed by atoms with Crippen LogP contribution in [0.15, 0.2) is 0 Å². The van der Waals surface area contributed by atoms with Crippen molar-refractivity contribution in [1.29, 1.82) is 0 Å². The summed E-state index contributed by atoms with van der Waals surface area (Å²) in [4.78, 5) is 2.46. The zero-order valence-corrected chi connectivity index (χ0v) is 5.71. The molecule has 1 aliphatic heterocycles. The Hall–Kier alpha value is -0.0800. The summed E-state index contributed by atoms with van der Waals surface area (Å²) in [5.41, 5.74) is 5.85. The van der Waals surface area contributed by atoms with Crippen molar-refractivity contribution in [2.45, 2.75) is 37.9 Å². The fourth-order valence-electron chi connectivity index (χ4n) is 1.67. The van der Waals surface area contributed by atoms with Crippen molar-refractivity contribution in [3.05, 3.63) is 0 Å². The maximum absolute atomic E-state index is 5.85. The van der Waals surface area contributed by atoms with Gasteiger partial charge in [0, 0.05) is 12.6 Å². The van der Waals surface area contributed by atoms with Gasteiger partial charge in [-0.15, -0.1) is 0 Å². The molecule has 1 unspecified atom stereocenters. The third-order valence-electron chi connectivity index (χ3n) is 2.36. The lowest BCUT2D eigenvalue weighted by atomic mass is 10.3. The summed E-state index contributed by atoms with van der Waals surface area (Å²) >= 11 is 0. The van der Waals surface area contributed by atoms with Crippen molar-refractivity contribution in [3.8, 4) is 0 Å². The first-order valence-corrected chi connectivity index (χ1v) is 3.89. The van der Waals surface area contributed by atoms with Gasteiger partial charge in [0.25, 0.3) is 0 Å². The molecule has 0 radical (unpaired) electrons. The van der Waals surface area contributed by atoms with Gasteiger partial charge in [-0.05, 0) is 25.7 Å². The molecule has 1 saturated carbocycles. The van der Waals surface area contributed by atoms with Crippen molar-refractivity contribution in [3.63, 3.8) is 0 Å². The van der Waals surface area contributed by atoms with Crippen LogP contribution >= 0.6 is 0 Å². The predicted molar refractivity (Wildman–Crippen MR) is 36.9 cm³/mol. The van der Waals surface area contributed by atoms with Crippen LogP contribution in [0.3, 0.4) is 0 Å². The Balaban J connectivity index is 1.93. The highest BCUT2D eigenvalue weighted by Gasteiger charge is 2.34. The summed E-state index contributed by atoms with van der Waals surface area (Å²) in [6.07, 6.45) is 5.73. The molecule has 9 heavy (non-hydrogen) atoms. The summed E-state index contributed by atoms with van der Waals surface area (Å²) in [6, 6.07) is 0.877. The van der Waals surface area contributed by atoms with Crippen LogP contribution < -0.4 is 5.73 Å². The first-order valence-electron chi connectivity index (χ1n) is 3.89. The van der Waals surface area contributed by atoms with E-state index >= 15 is 0 Å². The second-order valence-electron chi connectivity index (χ2n) is 3.18. The number of likely N-dealkylation sites (tertiary alicyclic amines) is 1. The average molecular weight is 126 g/mol. The fraction of sp³-hybridized carbons (Fsp3) is 1.00. The van der Waals surface area contributed by atoms with Gasteiger partial charge in [-0.25, -0.2) is 0 Å². The lowest BCUT2D eigenvalue weighted by molar-refractivity contribution is 0.249. The summed E-state index contributed by atoms with van der Waals surface area (Å²) in [5, 5.41) is 0. The van der Waals surface area contributed by atoms with E-state index in [1.54, 1.807) is 0 Å². The molecule has 2 aliphatic rings. The van der Waals surface area contributed by atoms with Gasteiger partial charge in [0.15, 0.2) is 0 Å². The van der Waals surface area contributed by atoms with E-state index in [9.17, 15) is 0 Å².